The molecule has 6 nitrogen and oxygen atoms in total. The molecule has 1 aliphatic carbocycles. The van der Waals surface area contributed by atoms with E-state index >= 15 is 0 Å². The highest BCUT2D eigenvalue weighted by atomic mass is 16.2. The molecule has 166 valence electrons. The molecule has 0 radical (unpaired) electrons. The standard InChI is InChI=1S/C27H26N4O2/c1-3-7-24(28-2)27(33)30-25-12-10-19(16-29-25)11-13-26(32)31-17-22-14-21(15-23(22)18-31)20-8-5-4-6-9-20/h3-14,16,22-23H,1-2,15,17-18H2,(H,29,30,33)/b13-11+,24-7-. The normalized spacial score (nSPS) is 19.8. The number of benzene rings is 1. The number of likely N-dealkylation sites (tertiary alicyclic amines) is 1. The molecule has 1 aromatic heterocycles. The van der Waals surface area contributed by atoms with Gasteiger partial charge in [-0.1, -0.05) is 49.1 Å². The van der Waals surface area contributed by atoms with Crippen LogP contribution in [0.2, 0.25) is 0 Å². The Kier molecular flexibility index (Phi) is 6.74. The second kappa shape index (κ2) is 10.0. The van der Waals surface area contributed by atoms with Gasteiger partial charge in [0.1, 0.15) is 11.5 Å². The Balaban J connectivity index is 1.32. The van der Waals surface area contributed by atoms with Gasteiger partial charge < -0.3 is 10.2 Å². The Bertz CT molecular complexity index is 1150. The van der Waals surface area contributed by atoms with E-state index in [2.05, 4.69) is 58.9 Å². The van der Waals surface area contributed by atoms with Gasteiger partial charge in [-0.3, -0.25) is 14.6 Å². The summed E-state index contributed by atoms with van der Waals surface area (Å²) in [7, 11) is 0. The first kappa shape index (κ1) is 22.1. The maximum Gasteiger partial charge on any atom is 0.275 e. The number of pyridine rings is 1. The van der Waals surface area contributed by atoms with Gasteiger partial charge in [0.05, 0.1) is 0 Å². The monoisotopic (exact) mass is 438 g/mol. The molecular formula is C27H26N4O2. The van der Waals surface area contributed by atoms with E-state index in [0.717, 1.165) is 25.1 Å². The van der Waals surface area contributed by atoms with Crippen LogP contribution in [0, 0.1) is 11.8 Å². The lowest BCUT2D eigenvalue weighted by Gasteiger charge is -2.15. The summed E-state index contributed by atoms with van der Waals surface area (Å²) in [5.74, 6) is 0.891. The van der Waals surface area contributed by atoms with E-state index in [4.69, 9.17) is 0 Å². The topological polar surface area (TPSA) is 74.7 Å². The van der Waals surface area contributed by atoms with Gasteiger partial charge in [-0.05, 0) is 66.0 Å². The first-order valence-corrected chi connectivity index (χ1v) is 10.9. The van der Waals surface area contributed by atoms with E-state index in [0.29, 0.717) is 17.7 Å². The van der Waals surface area contributed by atoms with Crippen LogP contribution in [-0.4, -0.2) is 41.5 Å². The quantitative estimate of drug-likeness (QED) is 0.396. The lowest BCUT2D eigenvalue weighted by Crippen LogP contribution is -2.27. The van der Waals surface area contributed by atoms with E-state index in [9.17, 15) is 9.59 Å². The Morgan fingerprint density at radius 1 is 1.15 bits per heavy atom. The van der Waals surface area contributed by atoms with Crippen molar-refractivity contribution in [3.63, 3.8) is 0 Å². The zero-order chi connectivity index (χ0) is 23.2. The molecular weight excluding hydrogens is 412 g/mol. The molecule has 1 aromatic carbocycles. The molecule has 1 N–H and O–H groups in total. The van der Waals surface area contributed by atoms with Crippen molar-refractivity contribution < 1.29 is 9.59 Å². The molecule has 1 aliphatic heterocycles. The van der Waals surface area contributed by atoms with E-state index in [-0.39, 0.29) is 11.6 Å². The van der Waals surface area contributed by atoms with Crippen LogP contribution in [0.4, 0.5) is 5.82 Å². The van der Waals surface area contributed by atoms with Gasteiger partial charge in [-0.15, -0.1) is 0 Å². The van der Waals surface area contributed by atoms with Crippen LogP contribution >= 0.6 is 0 Å². The van der Waals surface area contributed by atoms with Crippen molar-refractivity contribution >= 4 is 36.0 Å². The first-order chi connectivity index (χ1) is 16.1. The van der Waals surface area contributed by atoms with Crippen LogP contribution in [0.1, 0.15) is 17.5 Å². The molecule has 0 saturated carbocycles. The van der Waals surface area contributed by atoms with E-state index < -0.39 is 5.91 Å². The van der Waals surface area contributed by atoms with Gasteiger partial charge in [-0.25, -0.2) is 4.98 Å². The summed E-state index contributed by atoms with van der Waals surface area (Å²) in [6, 6.07) is 13.9. The van der Waals surface area contributed by atoms with Gasteiger partial charge in [0.2, 0.25) is 5.91 Å². The second-order valence-electron chi connectivity index (χ2n) is 8.14. The fourth-order valence-electron chi connectivity index (χ4n) is 4.30. The molecule has 0 spiro atoms. The zero-order valence-corrected chi connectivity index (χ0v) is 18.4. The molecule has 4 rings (SSSR count). The fourth-order valence-corrected chi connectivity index (χ4v) is 4.30. The molecule has 2 aliphatic rings. The van der Waals surface area contributed by atoms with Crippen LogP contribution in [0.15, 0.2) is 90.2 Å². The number of hydrogen-bond donors (Lipinski definition) is 1. The third-order valence-electron chi connectivity index (χ3n) is 5.97. The summed E-state index contributed by atoms with van der Waals surface area (Å²) in [5, 5.41) is 2.65. The van der Waals surface area contributed by atoms with Crippen LogP contribution in [0.5, 0.6) is 0 Å². The number of amides is 2. The molecule has 2 amide bonds. The summed E-state index contributed by atoms with van der Waals surface area (Å²) in [4.78, 5) is 34.6. The highest BCUT2D eigenvalue weighted by molar-refractivity contribution is 6.03. The van der Waals surface area contributed by atoms with Crippen LogP contribution < -0.4 is 5.32 Å². The third-order valence-corrected chi connectivity index (χ3v) is 5.97. The Morgan fingerprint density at radius 2 is 1.97 bits per heavy atom. The largest absolute Gasteiger partial charge is 0.338 e. The maximum atomic E-state index is 12.7. The average molecular weight is 439 g/mol. The number of anilines is 1. The predicted octanol–water partition coefficient (Wildman–Crippen LogP) is 4.37. The number of aromatic nitrogens is 1. The van der Waals surface area contributed by atoms with Gasteiger partial charge >= 0.3 is 0 Å². The van der Waals surface area contributed by atoms with Crippen molar-refractivity contribution in [2.24, 2.45) is 16.8 Å². The summed E-state index contributed by atoms with van der Waals surface area (Å²) in [5.41, 5.74) is 3.60. The molecule has 2 aromatic rings. The second-order valence-corrected chi connectivity index (χ2v) is 8.14. The Hall–Kier alpha value is -4.06. The molecule has 1 saturated heterocycles. The highest BCUT2D eigenvalue weighted by Gasteiger charge is 2.37. The van der Waals surface area contributed by atoms with Crippen molar-refractivity contribution in [2.45, 2.75) is 6.42 Å². The van der Waals surface area contributed by atoms with Gasteiger partial charge in [-0.2, -0.15) is 0 Å². The molecule has 2 heterocycles. The molecule has 0 bridgehead atoms. The molecule has 33 heavy (non-hydrogen) atoms. The van der Waals surface area contributed by atoms with Gasteiger partial charge in [0.25, 0.3) is 5.91 Å². The van der Waals surface area contributed by atoms with Crippen molar-refractivity contribution in [2.75, 3.05) is 18.4 Å². The number of carbonyl (C=O) groups excluding carboxylic acids is 2. The molecule has 6 heteroatoms. The number of carbonyl (C=O) groups is 2. The van der Waals surface area contributed by atoms with Crippen molar-refractivity contribution in [3.05, 3.63) is 96.4 Å². The first-order valence-electron chi connectivity index (χ1n) is 10.9. The van der Waals surface area contributed by atoms with Gasteiger partial charge in [0, 0.05) is 25.4 Å². The third kappa shape index (κ3) is 5.23. The van der Waals surface area contributed by atoms with Crippen molar-refractivity contribution in [3.8, 4) is 0 Å². The van der Waals surface area contributed by atoms with Crippen LogP contribution in [0.3, 0.4) is 0 Å². The number of fused-ring (bicyclic) bond motifs is 1. The minimum atomic E-state index is -0.417. The highest BCUT2D eigenvalue weighted by Crippen LogP contribution is 2.40. The maximum absolute atomic E-state index is 12.7. The summed E-state index contributed by atoms with van der Waals surface area (Å²) in [6.45, 7) is 8.45. The fraction of sp³-hybridized carbons (Fsp3) is 0.185. The van der Waals surface area contributed by atoms with E-state index in [1.807, 2.05) is 11.0 Å². The number of nitrogens with zero attached hydrogens (tertiary/aromatic N) is 3. The zero-order valence-electron chi connectivity index (χ0n) is 18.4. The summed E-state index contributed by atoms with van der Waals surface area (Å²) in [6.07, 6.45) is 11.2. The lowest BCUT2D eigenvalue weighted by atomic mass is 9.98. The van der Waals surface area contributed by atoms with Crippen LogP contribution in [0.25, 0.3) is 11.6 Å². The number of aliphatic imine (C=N–C) groups is 1. The van der Waals surface area contributed by atoms with Crippen LogP contribution in [-0.2, 0) is 9.59 Å². The minimum absolute atomic E-state index is 0.00713. The summed E-state index contributed by atoms with van der Waals surface area (Å²) >= 11 is 0. The van der Waals surface area contributed by atoms with Gasteiger partial charge in [0.15, 0.2) is 0 Å². The van der Waals surface area contributed by atoms with Crippen molar-refractivity contribution in [1.29, 1.82) is 0 Å². The Labute approximate surface area is 193 Å². The minimum Gasteiger partial charge on any atom is -0.338 e. The lowest BCUT2D eigenvalue weighted by molar-refractivity contribution is -0.125. The SMILES string of the molecule is C=C/C=C(\N=C)C(=O)Nc1ccc(/C=C/C(=O)N2CC3C=C(c4ccccc4)CC3C2)cn1. The predicted molar refractivity (Wildman–Crippen MR) is 132 cm³/mol. The Morgan fingerprint density at radius 3 is 2.64 bits per heavy atom. The van der Waals surface area contributed by atoms with E-state index in [1.54, 1.807) is 30.5 Å². The van der Waals surface area contributed by atoms with E-state index in [1.165, 1.54) is 23.3 Å². The molecule has 2 unspecified atom stereocenters. The molecule has 2 atom stereocenters. The molecule has 1 fully saturated rings. The smallest absolute Gasteiger partial charge is 0.275 e. The number of nitrogens with one attached hydrogen (secondary N) is 1. The van der Waals surface area contributed by atoms with Crippen molar-refractivity contribution in [1.82, 2.24) is 9.88 Å². The number of allylic oxidation sites excluding steroid dienone is 3. The number of hydrogen-bond acceptors (Lipinski definition) is 4. The summed E-state index contributed by atoms with van der Waals surface area (Å²) < 4.78 is 0. The number of rotatable bonds is 7. The average Bonchev–Trinajstić information content (AvgIpc) is 3.42.